The van der Waals surface area contributed by atoms with E-state index in [0.29, 0.717) is 31.7 Å². The summed E-state index contributed by atoms with van der Waals surface area (Å²) in [6.45, 7) is 2.32. The van der Waals surface area contributed by atoms with Crippen LogP contribution in [0.5, 0.6) is 0 Å². The van der Waals surface area contributed by atoms with Gasteiger partial charge in [-0.05, 0) is 42.5 Å². The van der Waals surface area contributed by atoms with Crippen LogP contribution in [0.15, 0.2) is 76.4 Å². The van der Waals surface area contributed by atoms with Crippen molar-refractivity contribution in [1.82, 2.24) is 14.9 Å². The van der Waals surface area contributed by atoms with Gasteiger partial charge in [0.15, 0.2) is 10.2 Å². The summed E-state index contributed by atoms with van der Waals surface area (Å²) in [4.78, 5) is 25.9. The monoisotopic (exact) mass is 597 g/mol. The van der Waals surface area contributed by atoms with Gasteiger partial charge in [-0.1, -0.05) is 45.5 Å². The quantitative estimate of drug-likeness (QED) is 0.349. The Morgan fingerprint density at radius 1 is 1.03 bits per heavy atom. The van der Waals surface area contributed by atoms with Gasteiger partial charge in [0.25, 0.3) is 15.9 Å². The maximum Gasteiger partial charge on any atom is 1.00 e. The number of para-hydroxylation sites is 1. The zero-order valence-corrected chi connectivity index (χ0v) is 25.2. The van der Waals surface area contributed by atoms with Crippen molar-refractivity contribution >= 4 is 64.2 Å². The normalized spacial score (nSPS) is 14.0. The number of carbonyl (C=O) groups excluding carboxylic acids is 1. The molecule has 0 atom stereocenters. The molecule has 176 valence electrons. The number of halogens is 1. The van der Waals surface area contributed by atoms with Gasteiger partial charge in [0.1, 0.15) is 0 Å². The van der Waals surface area contributed by atoms with Crippen LogP contribution in [0, 0.1) is 0 Å². The van der Waals surface area contributed by atoms with E-state index in [0.717, 1.165) is 19.8 Å². The Labute approximate surface area is 259 Å². The van der Waals surface area contributed by atoms with Crippen LogP contribution in [-0.2, 0) is 10.0 Å². The molecule has 0 saturated carbocycles. The molecule has 1 fully saturated rings. The van der Waals surface area contributed by atoms with E-state index >= 15 is 0 Å². The van der Waals surface area contributed by atoms with Crippen molar-refractivity contribution < 1.29 is 66.0 Å². The molecule has 35 heavy (non-hydrogen) atoms. The van der Waals surface area contributed by atoms with E-state index in [4.69, 9.17) is 4.98 Å². The summed E-state index contributed by atoms with van der Waals surface area (Å²) in [6.07, 6.45) is 1.41. The number of thiazole rings is 1. The van der Waals surface area contributed by atoms with Crippen LogP contribution in [-0.4, -0.2) is 55.4 Å². The Balaban J connectivity index is 0.00000180. The average molecular weight is 599 g/mol. The number of sulfonamides is 1. The molecule has 0 unspecified atom stereocenters. The topological polar surface area (TPSA) is 95.5 Å². The minimum absolute atomic E-state index is 0. The van der Waals surface area contributed by atoms with Gasteiger partial charge in [-0.25, -0.2) is 9.97 Å². The van der Waals surface area contributed by atoms with Crippen LogP contribution in [0.25, 0.3) is 10.2 Å². The molecular formula is C23H21BrKN5O3S2. The summed E-state index contributed by atoms with van der Waals surface area (Å²) < 4.78 is 30.1. The number of amides is 1. The first-order chi connectivity index (χ1) is 16.4. The molecule has 4 aromatic rings. The SMILES string of the molecule is O=C(c1ccccc1NS(=O)(=O)c1ccccn1)N1CCN(c2nc3ccc(Br)cc3s2)CC1.[H-].[K+]. The molecule has 1 aliphatic heterocycles. The third-order valence-electron chi connectivity index (χ3n) is 5.49. The number of anilines is 2. The van der Waals surface area contributed by atoms with Crippen LogP contribution in [0.3, 0.4) is 0 Å². The summed E-state index contributed by atoms with van der Waals surface area (Å²) in [5.74, 6) is -0.216. The Morgan fingerprint density at radius 3 is 2.51 bits per heavy atom. The van der Waals surface area contributed by atoms with Gasteiger partial charge in [-0.15, -0.1) is 0 Å². The number of piperazine rings is 1. The molecule has 1 aliphatic rings. The predicted molar refractivity (Wildman–Crippen MR) is 138 cm³/mol. The second-order valence-corrected chi connectivity index (χ2v) is 11.3. The molecule has 1 saturated heterocycles. The van der Waals surface area contributed by atoms with E-state index in [2.05, 4.69) is 36.6 Å². The van der Waals surface area contributed by atoms with E-state index in [9.17, 15) is 13.2 Å². The summed E-state index contributed by atoms with van der Waals surface area (Å²) in [6, 6.07) is 17.3. The van der Waals surface area contributed by atoms with Crippen LogP contribution >= 0.6 is 27.3 Å². The zero-order valence-electron chi connectivity index (χ0n) is 19.9. The Kier molecular flexibility index (Phi) is 8.64. The van der Waals surface area contributed by atoms with Gasteiger partial charge in [0.05, 0.1) is 21.5 Å². The fourth-order valence-corrected chi connectivity index (χ4v) is 6.35. The third kappa shape index (κ3) is 5.96. The van der Waals surface area contributed by atoms with E-state index in [1.165, 1.54) is 12.3 Å². The van der Waals surface area contributed by atoms with Crippen molar-refractivity contribution in [1.29, 1.82) is 0 Å². The summed E-state index contributed by atoms with van der Waals surface area (Å²) in [5, 5.41) is 0.831. The van der Waals surface area contributed by atoms with Crippen molar-refractivity contribution in [3.63, 3.8) is 0 Å². The van der Waals surface area contributed by atoms with Crippen molar-refractivity contribution in [3.8, 4) is 0 Å². The van der Waals surface area contributed by atoms with Gasteiger partial charge in [0.2, 0.25) is 0 Å². The number of benzene rings is 2. The number of fused-ring (bicyclic) bond motifs is 1. The number of hydrogen-bond acceptors (Lipinski definition) is 7. The van der Waals surface area contributed by atoms with Crippen molar-refractivity contribution in [2.45, 2.75) is 5.03 Å². The average Bonchev–Trinajstić information content (AvgIpc) is 3.28. The minimum Gasteiger partial charge on any atom is -1.00 e. The second-order valence-electron chi connectivity index (χ2n) is 7.71. The molecule has 0 radical (unpaired) electrons. The Morgan fingerprint density at radius 2 is 1.77 bits per heavy atom. The molecule has 1 amide bonds. The first-order valence-electron chi connectivity index (χ1n) is 10.5. The molecular weight excluding hydrogens is 577 g/mol. The number of nitrogens with zero attached hydrogens (tertiary/aromatic N) is 4. The second kappa shape index (κ2) is 11.3. The van der Waals surface area contributed by atoms with E-state index in [1.54, 1.807) is 52.6 Å². The van der Waals surface area contributed by atoms with Crippen LogP contribution in [0.1, 0.15) is 11.8 Å². The largest absolute Gasteiger partial charge is 1.00 e. The fourth-order valence-electron chi connectivity index (χ4n) is 3.75. The van der Waals surface area contributed by atoms with Crippen molar-refractivity contribution in [3.05, 3.63) is 76.9 Å². The molecule has 0 aliphatic carbocycles. The smallest absolute Gasteiger partial charge is 1.00 e. The third-order valence-corrected chi connectivity index (χ3v) is 8.34. The van der Waals surface area contributed by atoms with Crippen LogP contribution < -0.4 is 61.0 Å². The number of rotatable bonds is 5. The Hall–Kier alpha value is -1.38. The standard InChI is InChI=1S/C23H20BrN5O3S2.K.H/c24-16-8-9-19-20(15-16)33-23(26-19)29-13-11-28(12-14-29)22(30)17-5-1-2-6-18(17)27-34(31,32)21-7-3-4-10-25-21;;/h1-10,15,27H,11-14H2;;/q;+1;-1. The summed E-state index contributed by atoms with van der Waals surface area (Å²) >= 11 is 5.13. The van der Waals surface area contributed by atoms with Gasteiger partial charge >= 0.3 is 51.4 Å². The number of carbonyl (C=O) groups is 1. The Bertz CT molecular complexity index is 1470. The number of nitrogens with one attached hydrogen (secondary N) is 1. The first kappa shape index (κ1) is 26.7. The molecule has 1 N–H and O–H groups in total. The van der Waals surface area contributed by atoms with Crippen LogP contribution in [0.4, 0.5) is 10.8 Å². The van der Waals surface area contributed by atoms with Gasteiger partial charge in [0, 0.05) is 36.8 Å². The van der Waals surface area contributed by atoms with Crippen molar-refractivity contribution in [2.75, 3.05) is 35.8 Å². The molecule has 5 rings (SSSR count). The maximum absolute atomic E-state index is 13.3. The zero-order chi connectivity index (χ0) is 23.7. The van der Waals surface area contributed by atoms with Gasteiger partial charge in [-0.3, -0.25) is 9.52 Å². The van der Waals surface area contributed by atoms with Gasteiger partial charge < -0.3 is 11.2 Å². The van der Waals surface area contributed by atoms with Crippen LogP contribution in [0.2, 0.25) is 0 Å². The minimum atomic E-state index is -3.91. The number of aromatic nitrogens is 2. The maximum atomic E-state index is 13.3. The van der Waals surface area contributed by atoms with E-state index < -0.39 is 10.0 Å². The summed E-state index contributed by atoms with van der Waals surface area (Å²) in [5.41, 5.74) is 1.49. The number of hydrogen-bond donors (Lipinski definition) is 1. The molecule has 2 aromatic heterocycles. The van der Waals surface area contributed by atoms with Crippen molar-refractivity contribution in [2.24, 2.45) is 0 Å². The van der Waals surface area contributed by atoms with E-state index in [-0.39, 0.29) is 69.4 Å². The predicted octanol–water partition coefficient (Wildman–Crippen LogP) is 1.33. The fraction of sp³-hybridized carbons (Fsp3) is 0.174. The first-order valence-corrected chi connectivity index (χ1v) is 13.6. The molecule has 3 heterocycles. The molecule has 2 aromatic carbocycles. The molecule has 0 spiro atoms. The molecule has 8 nitrogen and oxygen atoms in total. The molecule has 12 heteroatoms. The van der Waals surface area contributed by atoms with Gasteiger partial charge in [-0.2, -0.15) is 8.42 Å². The van der Waals surface area contributed by atoms with E-state index in [1.807, 2.05) is 12.1 Å². The summed E-state index contributed by atoms with van der Waals surface area (Å²) in [7, 11) is -3.91. The number of pyridine rings is 1. The molecule has 0 bridgehead atoms.